The van der Waals surface area contributed by atoms with Crippen molar-refractivity contribution >= 4 is 25.4 Å². The first-order valence-corrected chi connectivity index (χ1v) is 7.17. The van der Waals surface area contributed by atoms with Crippen molar-refractivity contribution in [1.29, 1.82) is 0 Å². The van der Waals surface area contributed by atoms with Gasteiger partial charge in [0.25, 0.3) is 5.97 Å². The van der Waals surface area contributed by atoms with E-state index in [1.807, 2.05) is 60.7 Å². The summed E-state index contributed by atoms with van der Waals surface area (Å²) in [6, 6.07) is 19.9. The van der Waals surface area contributed by atoms with Crippen LogP contribution in [-0.4, -0.2) is 15.0 Å². The molecule has 0 aliphatic heterocycles. The maximum absolute atomic E-state index is 11.2. The van der Waals surface area contributed by atoms with E-state index in [0.29, 0.717) is 0 Å². The molecule has 0 saturated carbocycles. The Morgan fingerprint density at radius 2 is 1.29 bits per heavy atom. The van der Waals surface area contributed by atoms with Gasteiger partial charge in [0.1, 0.15) is 0 Å². The van der Waals surface area contributed by atoms with Crippen molar-refractivity contribution < 1.29 is 9.22 Å². The highest BCUT2D eigenvalue weighted by atomic mass is 28.3. The molecule has 2 aromatic rings. The third-order valence-electron chi connectivity index (χ3n) is 2.49. The topological polar surface area (TPSA) is 26.3 Å². The minimum absolute atomic E-state index is 0.214. The van der Waals surface area contributed by atoms with Crippen molar-refractivity contribution in [2.75, 3.05) is 0 Å². The summed E-state index contributed by atoms with van der Waals surface area (Å²) in [6.07, 6.45) is 0. The molecule has 2 rings (SSSR count). The zero-order valence-corrected chi connectivity index (χ0v) is 10.8. The Morgan fingerprint density at radius 1 is 0.882 bits per heavy atom. The van der Waals surface area contributed by atoms with Crippen molar-refractivity contribution in [3.8, 4) is 0 Å². The fourth-order valence-electron chi connectivity index (χ4n) is 1.75. The number of hydrogen-bond donors (Lipinski definition) is 0. The van der Waals surface area contributed by atoms with Crippen LogP contribution < -0.4 is 10.4 Å². The maximum atomic E-state index is 11.2. The Hall–Kier alpha value is -1.87. The lowest BCUT2D eigenvalue weighted by atomic mass is 10.4. The van der Waals surface area contributed by atoms with Gasteiger partial charge in [0.05, 0.1) is 0 Å². The first-order valence-electron chi connectivity index (χ1n) is 5.54. The van der Waals surface area contributed by atoms with Gasteiger partial charge in [0.15, 0.2) is 0 Å². The molecule has 17 heavy (non-hydrogen) atoms. The van der Waals surface area contributed by atoms with Gasteiger partial charge in [-0.2, -0.15) is 0 Å². The van der Waals surface area contributed by atoms with E-state index in [1.54, 1.807) is 0 Å². The van der Waals surface area contributed by atoms with Crippen molar-refractivity contribution in [3.63, 3.8) is 0 Å². The molecule has 0 unspecified atom stereocenters. The van der Waals surface area contributed by atoms with E-state index in [0.717, 1.165) is 10.4 Å². The summed E-state index contributed by atoms with van der Waals surface area (Å²) in [7, 11) is -1.86. The number of rotatable bonds is 3. The predicted molar refractivity (Wildman–Crippen MR) is 71.1 cm³/mol. The Labute approximate surface area is 103 Å². The lowest BCUT2D eigenvalue weighted by Crippen LogP contribution is -2.45. The van der Waals surface area contributed by atoms with Gasteiger partial charge in [-0.05, 0) is 10.4 Å². The normalized spacial score (nSPS) is 10.2. The molecule has 0 radical (unpaired) electrons. The lowest BCUT2D eigenvalue weighted by Gasteiger charge is -2.15. The summed E-state index contributed by atoms with van der Waals surface area (Å²) in [5.74, 6) is -0.214. The fraction of sp³-hybridized carbons (Fsp3) is 0.0714. The molecule has 0 atom stereocenters. The molecule has 86 valence electrons. The molecule has 0 saturated heterocycles. The number of carbonyl (C=O) groups is 1. The SMILES string of the molecule is CC(=O)O[SiH](c1ccccc1)c1ccccc1. The molecule has 0 fully saturated rings. The van der Waals surface area contributed by atoms with E-state index < -0.39 is 9.04 Å². The summed E-state index contributed by atoms with van der Waals surface area (Å²) in [5.41, 5.74) is 0. The third kappa shape index (κ3) is 3.04. The number of hydrogen-bond acceptors (Lipinski definition) is 2. The van der Waals surface area contributed by atoms with Crippen LogP contribution in [0, 0.1) is 0 Å². The second-order valence-corrected chi connectivity index (χ2v) is 6.14. The van der Waals surface area contributed by atoms with Gasteiger partial charge in [-0.15, -0.1) is 0 Å². The van der Waals surface area contributed by atoms with Crippen LogP contribution >= 0.6 is 0 Å². The maximum Gasteiger partial charge on any atom is 0.302 e. The molecule has 0 spiro atoms. The van der Waals surface area contributed by atoms with Crippen LogP contribution in [0.15, 0.2) is 60.7 Å². The minimum Gasteiger partial charge on any atom is -0.513 e. The van der Waals surface area contributed by atoms with Gasteiger partial charge in [0, 0.05) is 6.92 Å². The van der Waals surface area contributed by atoms with Crippen LogP contribution in [0.4, 0.5) is 0 Å². The van der Waals surface area contributed by atoms with E-state index in [-0.39, 0.29) is 5.97 Å². The highest BCUT2D eigenvalue weighted by Gasteiger charge is 2.19. The van der Waals surface area contributed by atoms with Gasteiger partial charge < -0.3 is 4.43 Å². The summed E-state index contributed by atoms with van der Waals surface area (Å²) >= 11 is 0. The molecule has 0 bridgehead atoms. The molecule has 3 heteroatoms. The largest absolute Gasteiger partial charge is 0.513 e. The van der Waals surface area contributed by atoms with Crippen LogP contribution in [0.5, 0.6) is 0 Å². The Kier molecular flexibility index (Phi) is 3.72. The number of carbonyl (C=O) groups excluding carboxylic acids is 1. The van der Waals surface area contributed by atoms with E-state index in [4.69, 9.17) is 4.43 Å². The van der Waals surface area contributed by atoms with E-state index in [1.165, 1.54) is 6.92 Å². The average Bonchev–Trinajstić information content (AvgIpc) is 2.38. The molecule has 0 N–H and O–H groups in total. The molecular weight excluding hydrogens is 228 g/mol. The highest BCUT2D eigenvalue weighted by Crippen LogP contribution is 1.95. The van der Waals surface area contributed by atoms with Gasteiger partial charge >= 0.3 is 9.04 Å². The van der Waals surface area contributed by atoms with Crippen LogP contribution in [0.1, 0.15) is 6.92 Å². The van der Waals surface area contributed by atoms with E-state index in [2.05, 4.69) is 0 Å². The second-order valence-electron chi connectivity index (χ2n) is 3.81. The predicted octanol–water partition coefficient (Wildman–Crippen LogP) is 1.09. The van der Waals surface area contributed by atoms with E-state index >= 15 is 0 Å². The molecule has 2 nitrogen and oxygen atoms in total. The first-order chi connectivity index (χ1) is 8.27. The molecule has 2 aromatic carbocycles. The van der Waals surface area contributed by atoms with Crippen LogP contribution in [0.3, 0.4) is 0 Å². The summed E-state index contributed by atoms with van der Waals surface area (Å²) in [5, 5.41) is 2.24. The van der Waals surface area contributed by atoms with Crippen molar-refractivity contribution in [2.45, 2.75) is 6.92 Å². The molecular formula is C14H14O2Si. The standard InChI is InChI=1S/C14H14O2Si/c1-12(15)16-17(13-8-4-2-5-9-13)14-10-6-3-7-11-14/h2-11,17H,1H3. The molecule has 0 heterocycles. The van der Waals surface area contributed by atoms with Gasteiger partial charge in [-0.1, -0.05) is 60.7 Å². The van der Waals surface area contributed by atoms with Crippen LogP contribution in [-0.2, 0) is 9.22 Å². The minimum atomic E-state index is -1.86. The molecule has 0 amide bonds. The molecule has 0 aliphatic carbocycles. The molecule has 0 aliphatic rings. The fourth-order valence-corrected chi connectivity index (χ4v) is 3.88. The van der Waals surface area contributed by atoms with Crippen LogP contribution in [0.2, 0.25) is 0 Å². The lowest BCUT2D eigenvalue weighted by molar-refractivity contribution is -0.132. The van der Waals surface area contributed by atoms with Crippen LogP contribution in [0.25, 0.3) is 0 Å². The first kappa shape index (κ1) is 11.6. The van der Waals surface area contributed by atoms with Crippen molar-refractivity contribution in [2.24, 2.45) is 0 Å². The number of benzene rings is 2. The zero-order valence-electron chi connectivity index (χ0n) is 9.67. The summed E-state index contributed by atoms with van der Waals surface area (Å²) < 4.78 is 5.52. The smallest absolute Gasteiger partial charge is 0.302 e. The Bertz CT molecular complexity index is 443. The van der Waals surface area contributed by atoms with Crippen molar-refractivity contribution in [3.05, 3.63) is 60.7 Å². The third-order valence-corrected chi connectivity index (χ3v) is 5.04. The summed E-state index contributed by atoms with van der Waals surface area (Å²) in [6.45, 7) is 1.46. The highest BCUT2D eigenvalue weighted by molar-refractivity contribution is 6.81. The van der Waals surface area contributed by atoms with E-state index in [9.17, 15) is 4.79 Å². The average molecular weight is 242 g/mol. The monoisotopic (exact) mass is 242 g/mol. The molecule has 0 aromatic heterocycles. The second kappa shape index (κ2) is 5.45. The zero-order chi connectivity index (χ0) is 12.1. The quantitative estimate of drug-likeness (QED) is 0.753. The summed E-state index contributed by atoms with van der Waals surface area (Å²) in [4.78, 5) is 11.2. The van der Waals surface area contributed by atoms with Gasteiger partial charge in [0.2, 0.25) is 0 Å². The van der Waals surface area contributed by atoms with Gasteiger partial charge in [-0.3, -0.25) is 4.79 Å². The Balaban J connectivity index is 2.36. The van der Waals surface area contributed by atoms with Gasteiger partial charge in [-0.25, -0.2) is 0 Å². The Morgan fingerprint density at radius 3 is 1.65 bits per heavy atom. The van der Waals surface area contributed by atoms with Crippen molar-refractivity contribution in [1.82, 2.24) is 0 Å².